The Bertz CT molecular complexity index is 257. The quantitative estimate of drug-likeness (QED) is 0.580. The summed E-state index contributed by atoms with van der Waals surface area (Å²) in [5, 5.41) is 0. The lowest BCUT2D eigenvalue weighted by Crippen LogP contribution is -2.59. The lowest BCUT2D eigenvalue weighted by molar-refractivity contribution is -0.188. The van der Waals surface area contributed by atoms with Crippen LogP contribution < -0.4 is 0 Å². The highest BCUT2D eigenvalue weighted by Gasteiger charge is 2.40. The van der Waals surface area contributed by atoms with Gasteiger partial charge in [-0.3, -0.25) is 4.90 Å². The first kappa shape index (κ1) is 18.0. The van der Waals surface area contributed by atoms with Gasteiger partial charge in [-0.1, -0.05) is 46.0 Å². The van der Waals surface area contributed by atoms with Crippen molar-refractivity contribution in [3.63, 3.8) is 0 Å². The molecule has 0 aromatic rings. The fourth-order valence-electron chi connectivity index (χ4n) is 3.68. The Morgan fingerprint density at radius 3 is 1.85 bits per heavy atom. The maximum atomic E-state index is 6.23. The van der Waals surface area contributed by atoms with Crippen LogP contribution in [0.2, 0.25) is 0 Å². The number of hydrogen-bond acceptors (Lipinski definition) is 2. The van der Waals surface area contributed by atoms with Gasteiger partial charge in [0.15, 0.2) is 0 Å². The third-order valence-corrected chi connectivity index (χ3v) is 4.27. The SMILES string of the molecule is CCCCCC(CCCC)N1CC(C)(C)OC(C)(C)C1. The summed E-state index contributed by atoms with van der Waals surface area (Å²) >= 11 is 0. The molecule has 0 amide bonds. The summed E-state index contributed by atoms with van der Waals surface area (Å²) in [5.41, 5.74) is -0.0338. The van der Waals surface area contributed by atoms with E-state index in [1.54, 1.807) is 0 Å². The molecule has 2 nitrogen and oxygen atoms in total. The molecule has 1 unspecified atom stereocenters. The van der Waals surface area contributed by atoms with E-state index in [9.17, 15) is 0 Å². The first-order chi connectivity index (χ1) is 9.29. The normalized spacial score (nSPS) is 23.7. The molecule has 1 rings (SSSR count). The van der Waals surface area contributed by atoms with E-state index < -0.39 is 0 Å². The minimum Gasteiger partial charge on any atom is -0.367 e. The monoisotopic (exact) mass is 283 g/mol. The molecule has 2 heteroatoms. The summed E-state index contributed by atoms with van der Waals surface area (Å²) in [6, 6.07) is 0.754. The molecular weight excluding hydrogens is 246 g/mol. The molecular formula is C18H37NO. The van der Waals surface area contributed by atoms with E-state index in [0.717, 1.165) is 19.1 Å². The Morgan fingerprint density at radius 1 is 0.850 bits per heavy atom. The first-order valence-electron chi connectivity index (χ1n) is 8.74. The number of unbranched alkanes of at least 4 members (excludes halogenated alkanes) is 3. The molecule has 1 heterocycles. The summed E-state index contributed by atoms with van der Waals surface area (Å²) in [7, 11) is 0. The standard InChI is InChI=1S/C18H37NO/c1-7-9-11-13-16(12-10-8-2)19-14-17(3,4)20-18(5,6)15-19/h16H,7-15H2,1-6H3. The summed E-state index contributed by atoms with van der Waals surface area (Å²) in [6.07, 6.45) is 9.45. The van der Waals surface area contributed by atoms with E-state index in [1.165, 1.54) is 44.9 Å². The van der Waals surface area contributed by atoms with Crippen LogP contribution in [0.3, 0.4) is 0 Å². The van der Waals surface area contributed by atoms with Crippen molar-refractivity contribution in [3.05, 3.63) is 0 Å². The Labute approximate surface area is 127 Å². The molecule has 0 bridgehead atoms. The maximum Gasteiger partial charge on any atom is 0.0760 e. The molecule has 0 aromatic heterocycles. The van der Waals surface area contributed by atoms with Gasteiger partial charge in [0, 0.05) is 19.1 Å². The van der Waals surface area contributed by atoms with Crippen LogP contribution in [0.1, 0.15) is 86.5 Å². The molecule has 1 saturated heterocycles. The van der Waals surface area contributed by atoms with Gasteiger partial charge in [0.2, 0.25) is 0 Å². The summed E-state index contributed by atoms with van der Waals surface area (Å²) in [6.45, 7) is 15.7. The van der Waals surface area contributed by atoms with Crippen LogP contribution in [0.25, 0.3) is 0 Å². The van der Waals surface area contributed by atoms with Crippen molar-refractivity contribution < 1.29 is 4.74 Å². The zero-order valence-electron chi connectivity index (χ0n) is 14.8. The lowest BCUT2D eigenvalue weighted by atomic mass is 9.93. The first-order valence-corrected chi connectivity index (χ1v) is 8.74. The molecule has 0 spiro atoms. The van der Waals surface area contributed by atoms with E-state index in [2.05, 4.69) is 46.4 Å². The largest absolute Gasteiger partial charge is 0.367 e. The van der Waals surface area contributed by atoms with Crippen LogP contribution in [-0.2, 0) is 4.74 Å². The lowest BCUT2D eigenvalue weighted by Gasteiger charge is -2.50. The summed E-state index contributed by atoms with van der Waals surface area (Å²) in [4.78, 5) is 2.72. The van der Waals surface area contributed by atoms with Crippen molar-refractivity contribution >= 4 is 0 Å². The fourth-order valence-corrected chi connectivity index (χ4v) is 3.68. The number of ether oxygens (including phenoxy) is 1. The van der Waals surface area contributed by atoms with Crippen molar-refractivity contribution in [3.8, 4) is 0 Å². The van der Waals surface area contributed by atoms with Gasteiger partial charge in [0.1, 0.15) is 0 Å². The van der Waals surface area contributed by atoms with Gasteiger partial charge >= 0.3 is 0 Å². The van der Waals surface area contributed by atoms with E-state index in [-0.39, 0.29) is 11.2 Å². The third-order valence-electron chi connectivity index (χ3n) is 4.27. The molecule has 0 N–H and O–H groups in total. The Hall–Kier alpha value is -0.0800. The zero-order valence-corrected chi connectivity index (χ0v) is 14.8. The molecule has 1 atom stereocenters. The van der Waals surface area contributed by atoms with Gasteiger partial charge in [-0.05, 0) is 40.5 Å². The highest BCUT2D eigenvalue weighted by atomic mass is 16.5. The zero-order chi connectivity index (χ0) is 15.2. The van der Waals surface area contributed by atoms with E-state index in [4.69, 9.17) is 4.74 Å². The van der Waals surface area contributed by atoms with Crippen LogP contribution in [-0.4, -0.2) is 35.2 Å². The molecule has 1 aliphatic rings. The average molecular weight is 284 g/mol. The van der Waals surface area contributed by atoms with Crippen molar-refractivity contribution in [2.45, 2.75) is 104 Å². The van der Waals surface area contributed by atoms with E-state index in [0.29, 0.717) is 0 Å². The van der Waals surface area contributed by atoms with Crippen LogP contribution in [0.5, 0.6) is 0 Å². The third kappa shape index (κ3) is 6.13. The second-order valence-electron chi connectivity index (χ2n) is 7.82. The van der Waals surface area contributed by atoms with Gasteiger partial charge in [0.25, 0.3) is 0 Å². The van der Waals surface area contributed by atoms with E-state index >= 15 is 0 Å². The Kier molecular flexibility index (Phi) is 7.00. The maximum absolute atomic E-state index is 6.23. The van der Waals surface area contributed by atoms with Crippen molar-refractivity contribution in [1.29, 1.82) is 0 Å². The number of hydrogen-bond donors (Lipinski definition) is 0. The molecule has 1 fully saturated rings. The number of nitrogens with zero attached hydrogens (tertiary/aromatic N) is 1. The van der Waals surface area contributed by atoms with Gasteiger partial charge in [-0.2, -0.15) is 0 Å². The van der Waals surface area contributed by atoms with Crippen LogP contribution in [0, 0.1) is 0 Å². The topological polar surface area (TPSA) is 12.5 Å². The second kappa shape index (κ2) is 7.79. The summed E-state index contributed by atoms with van der Waals surface area (Å²) in [5.74, 6) is 0. The minimum absolute atomic E-state index is 0.0169. The second-order valence-corrected chi connectivity index (χ2v) is 7.82. The van der Waals surface area contributed by atoms with Crippen molar-refractivity contribution in [2.75, 3.05) is 13.1 Å². The van der Waals surface area contributed by atoms with Gasteiger partial charge in [0.05, 0.1) is 11.2 Å². The minimum atomic E-state index is -0.0169. The molecule has 0 saturated carbocycles. The van der Waals surface area contributed by atoms with Gasteiger partial charge < -0.3 is 4.74 Å². The average Bonchev–Trinajstić information content (AvgIpc) is 2.29. The highest BCUT2D eigenvalue weighted by Crippen LogP contribution is 2.31. The number of morpholine rings is 1. The fraction of sp³-hybridized carbons (Fsp3) is 1.00. The molecule has 0 aliphatic carbocycles. The van der Waals surface area contributed by atoms with Crippen LogP contribution >= 0.6 is 0 Å². The van der Waals surface area contributed by atoms with Crippen LogP contribution in [0.15, 0.2) is 0 Å². The van der Waals surface area contributed by atoms with Crippen molar-refractivity contribution in [1.82, 2.24) is 4.90 Å². The molecule has 1 aliphatic heterocycles. The smallest absolute Gasteiger partial charge is 0.0760 e. The van der Waals surface area contributed by atoms with Gasteiger partial charge in [-0.25, -0.2) is 0 Å². The highest BCUT2D eigenvalue weighted by molar-refractivity contribution is 4.91. The molecule has 20 heavy (non-hydrogen) atoms. The van der Waals surface area contributed by atoms with E-state index in [1.807, 2.05) is 0 Å². The summed E-state index contributed by atoms with van der Waals surface area (Å²) < 4.78 is 6.23. The van der Waals surface area contributed by atoms with Crippen LogP contribution in [0.4, 0.5) is 0 Å². The predicted molar refractivity (Wildman–Crippen MR) is 88.3 cm³/mol. The Morgan fingerprint density at radius 2 is 1.35 bits per heavy atom. The molecule has 0 aromatic carbocycles. The van der Waals surface area contributed by atoms with Crippen molar-refractivity contribution in [2.24, 2.45) is 0 Å². The molecule has 0 radical (unpaired) electrons. The number of rotatable bonds is 8. The van der Waals surface area contributed by atoms with Gasteiger partial charge in [-0.15, -0.1) is 0 Å². The Balaban J connectivity index is 2.66. The predicted octanol–water partition coefficient (Wildman–Crippen LogP) is 5.01. The molecule has 120 valence electrons.